The standard InChI is InChI=1S/C37H55N3OS/c1-25(2)34-32(15-13-14-28(5)33(39-36(7,8)9)24-41-37(10,11)12)29(6)40(23-30-16-18-38-19-17-30)35(34)42-31-21-26(3)20-27(4)22-31/h16-22,25,33,39H,5,13-15,23-24H2,1-4,6-12H3. The summed E-state index contributed by atoms with van der Waals surface area (Å²) in [6.45, 7) is 30.4. The van der Waals surface area contributed by atoms with E-state index in [9.17, 15) is 0 Å². The van der Waals surface area contributed by atoms with Crippen LogP contribution in [0.2, 0.25) is 0 Å². The number of aryl methyl sites for hydroxylation is 2. The largest absolute Gasteiger partial charge is 0.374 e. The van der Waals surface area contributed by atoms with Gasteiger partial charge >= 0.3 is 0 Å². The molecule has 1 aromatic carbocycles. The van der Waals surface area contributed by atoms with Gasteiger partial charge in [-0.3, -0.25) is 4.98 Å². The molecule has 0 radical (unpaired) electrons. The third-order valence-electron chi connectivity index (χ3n) is 7.43. The first-order valence-corrected chi connectivity index (χ1v) is 16.3. The summed E-state index contributed by atoms with van der Waals surface area (Å²) in [5, 5.41) is 5.12. The highest BCUT2D eigenvalue weighted by Crippen LogP contribution is 2.41. The lowest BCUT2D eigenvalue weighted by molar-refractivity contribution is -0.0130. The molecule has 0 aliphatic carbocycles. The summed E-state index contributed by atoms with van der Waals surface area (Å²) < 4.78 is 8.75. The number of nitrogens with zero attached hydrogens (tertiary/aromatic N) is 2. The molecule has 0 fully saturated rings. The Kier molecular flexibility index (Phi) is 11.7. The number of ether oxygens (including phenoxy) is 1. The van der Waals surface area contributed by atoms with Gasteiger partial charge in [0.25, 0.3) is 0 Å². The van der Waals surface area contributed by atoms with Crippen LogP contribution in [-0.4, -0.2) is 33.3 Å². The SMILES string of the molecule is C=C(CCCc1c(C(C)C)c(Sc2cc(C)cc(C)c2)n(Cc2ccncc2)c1C)C(COC(C)(C)C)NC(C)(C)C. The van der Waals surface area contributed by atoms with Crippen molar-refractivity contribution >= 4 is 11.8 Å². The zero-order chi connectivity index (χ0) is 31.2. The lowest BCUT2D eigenvalue weighted by Gasteiger charge is -2.32. The zero-order valence-corrected chi connectivity index (χ0v) is 29.0. The van der Waals surface area contributed by atoms with Gasteiger partial charge in [0.1, 0.15) is 0 Å². The van der Waals surface area contributed by atoms with E-state index in [2.05, 4.69) is 128 Å². The second-order valence-electron chi connectivity index (χ2n) is 14.2. The second-order valence-corrected chi connectivity index (χ2v) is 15.2. The van der Waals surface area contributed by atoms with Gasteiger partial charge in [0.15, 0.2) is 0 Å². The Morgan fingerprint density at radius 2 is 1.62 bits per heavy atom. The third kappa shape index (κ3) is 10.1. The molecule has 42 heavy (non-hydrogen) atoms. The quantitative estimate of drug-likeness (QED) is 0.202. The average Bonchev–Trinajstić information content (AvgIpc) is 3.11. The van der Waals surface area contributed by atoms with Gasteiger partial charge < -0.3 is 14.6 Å². The van der Waals surface area contributed by atoms with Gasteiger partial charge in [-0.15, -0.1) is 0 Å². The van der Waals surface area contributed by atoms with Crippen LogP contribution < -0.4 is 5.32 Å². The minimum absolute atomic E-state index is 0.0132. The normalized spacial score (nSPS) is 13.1. The Balaban J connectivity index is 1.92. The summed E-state index contributed by atoms with van der Waals surface area (Å²) >= 11 is 1.91. The second kappa shape index (κ2) is 14.4. The van der Waals surface area contributed by atoms with Crippen molar-refractivity contribution < 1.29 is 4.74 Å². The molecule has 1 N–H and O–H groups in total. The molecular weight excluding hydrogens is 534 g/mol. The van der Waals surface area contributed by atoms with Gasteiger partial charge in [-0.05, 0) is 140 Å². The number of pyridine rings is 1. The van der Waals surface area contributed by atoms with E-state index in [-0.39, 0.29) is 17.2 Å². The summed E-state index contributed by atoms with van der Waals surface area (Å²) in [5.74, 6) is 0.421. The molecule has 230 valence electrons. The number of hydrogen-bond donors (Lipinski definition) is 1. The third-order valence-corrected chi connectivity index (χ3v) is 8.53. The van der Waals surface area contributed by atoms with E-state index in [1.807, 2.05) is 24.2 Å². The molecule has 2 heterocycles. The first-order chi connectivity index (χ1) is 19.5. The molecule has 0 aliphatic rings. The molecule has 5 heteroatoms. The van der Waals surface area contributed by atoms with Crippen LogP contribution in [0.4, 0.5) is 0 Å². The van der Waals surface area contributed by atoms with E-state index in [4.69, 9.17) is 4.74 Å². The van der Waals surface area contributed by atoms with Crippen molar-refractivity contribution in [2.75, 3.05) is 6.61 Å². The Hall–Kier alpha value is -2.34. The van der Waals surface area contributed by atoms with Gasteiger partial charge in [-0.1, -0.05) is 43.8 Å². The summed E-state index contributed by atoms with van der Waals surface area (Å²) in [5.41, 5.74) is 9.26. The Morgan fingerprint density at radius 3 is 2.17 bits per heavy atom. The van der Waals surface area contributed by atoms with Crippen LogP contribution in [-0.2, 0) is 17.7 Å². The highest BCUT2D eigenvalue weighted by molar-refractivity contribution is 7.99. The van der Waals surface area contributed by atoms with Crippen LogP contribution in [0.5, 0.6) is 0 Å². The van der Waals surface area contributed by atoms with Crippen molar-refractivity contribution in [1.82, 2.24) is 14.9 Å². The Morgan fingerprint density at radius 1 is 1.00 bits per heavy atom. The van der Waals surface area contributed by atoms with Crippen LogP contribution in [0.25, 0.3) is 0 Å². The Labute approximate surface area is 260 Å². The van der Waals surface area contributed by atoms with Crippen molar-refractivity contribution in [2.45, 2.75) is 135 Å². The van der Waals surface area contributed by atoms with Gasteiger partial charge in [0.05, 0.1) is 23.3 Å². The van der Waals surface area contributed by atoms with Gasteiger partial charge in [-0.2, -0.15) is 0 Å². The summed E-state index contributed by atoms with van der Waals surface area (Å²) in [6.07, 6.45) is 6.85. The topological polar surface area (TPSA) is 39.1 Å². The van der Waals surface area contributed by atoms with Gasteiger partial charge in [0, 0.05) is 35.1 Å². The minimum Gasteiger partial charge on any atom is -0.374 e. The Bertz CT molecular complexity index is 1310. The fourth-order valence-electron chi connectivity index (χ4n) is 5.55. The summed E-state index contributed by atoms with van der Waals surface area (Å²) in [6, 6.07) is 11.3. The van der Waals surface area contributed by atoms with Crippen LogP contribution in [0.1, 0.15) is 108 Å². The fourth-order valence-corrected chi connectivity index (χ4v) is 7.05. The van der Waals surface area contributed by atoms with Gasteiger partial charge in [-0.25, -0.2) is 0 Å². The first kappa shape index (κ1) is 34.2. The molecule has 1 unspecified atom stereocenters. The predicted molar refractivity (Wildman–Crippen MR) is 181 cm³/mol. The molecule has 0 saturated carbocycles. The number of benzene rings is 1. The molecule has 0 saturated heterocycles. The molecule has 0 aliphatic heterocycles. The molecule has 3 aromatic rings. The summed E-state index contributed by atoms with van der Waals surface area (Å²) in [7, 11) is 0. The van der Waals surface area contributed by atoms with E-state index in [0.29, 0.717) is 12.5 Å². The lowest BCUT2D eigenvalue weighted by Crippen LogP contribution is -2.47. The fraction of sp³-hybridized carbons (Fsp3) is 0.541. The monoisotopic (exact) mass is 589 g/mol. The van der Waals surface area contributed by atoms with Crippen molar-refractivity contribution in [3.05, 3.63) is 88.4 Å². The molecule has 1 atom stereocenters. The number of hydrogen-bond acceptors (Lipinski definition) is 4. The van der Waals surface area contributed by atoms with Gasteiger partial charge in [0.2, 0.25) is 0 Å². The van der Waals surface area contributed by atoms with Crippen LogP contribution in [0.15, 0.2) is 64.8 Å². The molecular formula is C37H55N3OS. The highest BCUT2D eigenvalue weighted by atomic mass is 32.2. The maximum atomic E-state index is 6.21. The molecule has 3 rings (SSSR count). The van der Waals surface area contributed by atoms with Crippen LogP contribution >= 0.6 is 11.8 Å². The molecule has 4 nitrogen and oxygen atoms in total. The molecule has 2 aromatic heterocycles. The number of aromatic nitrogens is 2. The number of nitrogens with one attached hydrogen (secondary N) is 1. The molecule has 0 bridgehead atoms. The number of rotatable bonds is 13. The predicted octanol–water partition coefficient (Wildman–Crippen LogP) is 9.58. The van der Waals surface area contributed by atoms with E-state index in [1.54, 1.807) is 0 Å². The minimum atomic E-state index is -0.178. The lowest BCUT2D eigenvalue weighted by atomic mass is 9.94. The van der Waals surface area contributed by atoms with Crippen molar-refractivity contribution in [3.8, 4) is 0 Å². The van der Waals surface area contributed by atoms with E-state index >= 15 is 0 Å². The van der Waals surface area contributed by atoms with E-state index in [0.717, 1.165) is 25.8 Å². The average molecular weight is 590 g/mol. The van der Waals surface area contributed by atoms with E-state index in [1.165, 1.54) is 49.0 Å². The smallest absolute Gasteiger partial charge is 0.0839 e. The summed E-state index contributed by atoms with van der Waals surface area (Å²) in [4.78, 5) is 5.56. The van der Waals surface area contributed by atoms with Crippen molar-refractivity contribution in [3.63, 3.8) is 0 Å². The maximum absolute atomic E-state index is 6.21. The molecule has 0 amide bonds. The van der Waals surface area contributed by atoms with Crippen LogP contribution in [0.3, 0.4) is 0 Å². The van der Waals surface area contributed by atoms with E-state index < -0.39 is 0 Å². The van der Waals surface area contributed by atoms with Crippen LogP contribution in [0, 0.1) is 20.8 Å². The maximum Gasteiger partial charge on any atom is 0.0839 e. The highest BCUT2D eigenvalue weighted by Gasteiger charge is 2.25. The first-order valence-electron chi connectivity index (χ1n) is 15.5. The zero-order valence-electron chi connectivity index (χ0n) is 28.1. The van der Waals surface area contributed by atoms with Crippen molar-refractivity contribution in [2.24, 2.45) is 0 Å². The molecule has 0 spiro atoms. The van der Waals surface area contributed by atoms with Crippen molar-refractivity contribution in [1.29, 1.82) is 0 Å².